The van der Waals surface area contributed by atoms with Gasteiger partial charge in [-0.3, -0.25) is 4.79 Å². The summed E-state index contributed by atoms with van der Waals surface area (Å²) in [6.07, 6.45) is 0. The monoisotopic (exact) mass is 468 g/mol. The molecule has 0 aromatic heterocycles. The van der Waals surface area contributed by atoms with Crippen LogP contribution in [-0.2, 0) is 24.3 Å². The van der Waals surface area contributed by atoms with Gasteiger partial charge < -0.3 is 19.5 Å². The fourth-order valence-corrected chi connectivity index (χ4v) is 4.77. The minimum atomic E-state index is -3.90. The van der Waals surface area contributed by atoms with Crippen LogP contribution in [0.1, 0.15) is 10.4 Å². The highest BCUT2D eigenvalue weighted by atomic mass is 35.5. The Morgan fingerprint density at radius 3 is 2.61 bits per heavy atom. The van der Waals surface area contributed by atoms with Crippen LogP contribution in [0.3, 0.4) is 0 Å². The van der Waals surface area contributed by atoms with E-state index < -0.39 is 28.5 Å². The van der Waals surface area contributed by atoms with Gasteiger partial charge in [-0.1, -0.05) is 17.7 Å². The number of carbonyl (C=O) groups is 2. The number of esters is 1. The zero-order chi connectivity index (χ0) is 22.4. The lowest BCUT2D eigenvalue weighted by Crippen LogP contribution is -2.40. The van der Waals surface area contributed by atoms with Crippen LogP contribution in [0.25, 0.3) is 0 Å². The maximum atomic E-state index is 12.9. The van der Waals surface area contributed by atoms with E-state index in [4.69, 9.17) is 25.8 Å². The summed E-state index contributed by atoms with van der Waals surface area (Å²) in [4.78, 5) is 24.2. The van der Waals surface area contributed by atoms with E-state index in [2.05, 4.69) is 5.32 Å². The van der Waals surface area contributed by atoms with Gasteiger partial charge in [-0.2, -0.15) is 4.31 Å². The maximum absolute atomic E-state index is 12.9. The number of benzene rings is 2. The average Bonchev–Trinajstić information content (AvgIpc) is 2.78. The molecule has 0 radical (unpaired) electrons. The van der Waals surface area contributed by atoms with Crippen molar-refractivity contribution in [2.75, 3.05) is 45.3 Å². The summed E-state index contributed by atoms with van der Waals surface area (Å²) in [5, 5.41) is 2.56. The molecule has 1 fully saturated rings. The predicted molar refractivity (Wildman–Crippen MR) is 113 cm³/mol. The molecule has 31 heavy (non-hydrogen) atoms. The number of sulfonamides is 1. The zero-order valence-corrected chi connectivity index (χ0v) is 18.2. The number of morpholine rings is 1. The second-order valence-corrected chi connectivity index (χ2v) is 8.83. The highest BCUT2D eigenvalue weighted by molar-refractivity contribution is 7.89. The van der Waals surface area contributed by atoms with Gasteiger partial charge in [-0.25, -0.2) is 13.2 Å². The van der Waals surface area contributed by atoms with Crippen molar-refractivity contribution in [2.45, 2.75) is 4.90 Å². The van der Waals surface area contributed by atoms with Gasteiger partial charge in [0, 0.05) is 24.8 Å². The summed E-state index contributed by atoms with van der Waals surface area (Å²) < 4.78 is 42.2. The van der Waals surface area contributed by atoms with E-state index in [1.54, 1.807) is 24.3 Å². The number of hydrogen-bond acceptors (Lipinski definition) is 7. The normalized spacial score (nSPS) is 14.6. The predicted octanol–water partition coefficient (Wildman–Crippen LogP) is 2.17. The smallest absolute Gasteiger partial charge is 0.338 e. The third kappa shape index (κ3) is 5.73. The van der Waals surface area contributed by atoms with Crippen molar-refractivity contribution in [3.63, 3.8) is 0 Å². The third-order valence-corrected chi connectivity index (χ3v) is 6.82. The van der Waals surface area contributed by atoms with Crippen molar-refractivity contribution in [1.29, 1.82) is 0 Å². The molecule has 1 aliphatic rings. The van der Waals surface area contributed by atoms with Crippen molar-refractivity contribution in [1.82, 2.24) is 4.31 Å². The van der Waals surface area contributed by atoms with E-state index >= 15 is 0 Å². The first-order valence-electron chi connectivity index (χ1n) is 9.30. The van der Waals surface area contributed by atoms with Crippen molar-refractivity contribution in [3.8, 4) is 5.75 Å². The number of anilines is 1. The largest absolute Gasteiger partial charge is 0.497 e. The van der Waals surface area contributed by atoms with E-state index in [1.807, 2.05) is 0 Å². The first-order valence-corrected chi connectivity index (χ1v) is 11.1. The standard InChI is InChI=1S/C20H21ClN2O7S/c1-28-16-4-2-3-15(12-16)22-19(24)13-30-20(25)14-5-6-17(21)18(11-14)31(26,27)23-7-9-29-10-8-23/h2-6,11-12H,7-10,13H2,1H3,(H,22,24). The Morgan fingerprint density at radius 2 is 1.90 bits per heavy atom. The summed E-state index contributed by atoms with van der Waals surface area (Å²) in [5.74, 6) is -0.849. The fourth-order valence-electron chi connectivity index (χ4n) is 2.87. The number of ether oxygens (including phenoxy) is 3. The molecule has 0 aliphatic carbocycles. The molecule has 1 saturated heterocycles. The Hall–Kier alpha value is -2.66. The Morgan fingerprint density at radius 1 is 1.16 bits per heavy atom. The van der Waals surface area contributed by atoms with Crippen molar-refractivity contribution in [3.05, 3.63) is 53.1 Å². The molecule has 0 unspecified atom stereocenters. The summed E-state index contributed by atoms with van der Waals surface area (Å²) in [7, 11) is -2.40. The van der Waals surface area contributed by atoms with Gasteiger partial charge >= 0.3 is 5.97 Å². The molecule has 0 saturated carbocycles. The SMILES string of the molecule is COc1cccc(NC(=O)COC(=O)c2ccc(Cl)c(S(=O)(=O)N3CCOCC3)c2)c1. The minimum absolute atomic E-state index is 0.0150. The lowest BCUT2D eigenvalue weighted by atomic mass is 10.2. The van der Waals surface area contributed by atoms with E-state index in [-0.39, 0.29) is 41.8 Å². The highest BCUT2D eigenvalue weighted by Gasteiger charge is 2.29. The number of rotatable bonds is 7. The highest BCUT2D eigenvalue weighted by Crippen LogP contribution is 2.27. The fraction of sp³-hybridized carbons (Fsp3) is 0.300. The molecule has 1 aliphatic heterocycles. The molecule has 3 rings (SSSR count). The van der Waals surface area contributed by atoms with Crippen LogP contribution in [0.15, 0.2) is 47.4 Å². The minimum Gasteiger partial charge on any atom is -0.497 e. The molecule has 2 aromatic carbocycles. The van der Waals surface area contributed by atoms with Crippen LogP contribution in [0, 0.1) is 0 Å². The first-order chi connectivity index (χ1) is 14.8. The van der Waals surface area contributed by atoms with Crippen LogP contribution in [0.4, 0.5) is 5.69 Å². The third-order valence-electron chi connectivity index (χ3n) is 4.44. The van der Waals surface area contributed by atoms with E-state index in [0.29, 0.717) is 11.4 Å². The number of halogens is 1. The van der Waals surface area contributed by atoms with Crippen molar-refractivity contribution >= 4 is 39.2 Å². The van der Waals surface area contributed by atoms with Gasteiger partial charge in [0.25, 0.3) is 5.91 Å². The summed E-state index contributed by atoms with van der Waals surface area (Å²) >= 11 is 6.08. The van der Waals surface area contributed by atoms with Gasteiger partial charge in [-0.15, -0.1) is 0 Å². The molecule has 1 heterocycles. The molecule has 9 nitrogen and oxygen atoms in total. The van der Waals surface area contributed by atoms with Crippen molar-refractivity contribution in [2.24, 2.45) is 0 Å². The molecular formula is C20H21ClN2O7S. The molecule has 11 heteroatoms. The maximum Gasteiger partial charge on any atom is 0.338 e. The molecule has 166 valence electrons. The lowest BCUT2D eigenvalue weighted by Gasteiger charge is -2.26. The quantitative estimate of drug-likeness (QED) is 0.620. The molecule has 0 spiro atoms. The second kappa shape index (κ2) is 10.1. The lowest BCUT2D eigenvalue weighted by molar-refractivity contribution is -0.119. The van der Waals surface area contributed by atoms with Gasteiger partial charge in [-0.05, 0) is 30.3 Å². The Kier molecular flexibility index (Phi) is 7.50. The molecule has 1 amide bonds. The van der Waals surface area contributed by atoms with Crippen LogP contribution < -0.4 is 10.1 Å². The average molecular weight is 469 g/mol. The van der Waals surface area contributed by atoms with E-state index in [0.717, 1.165) is 6.07 Å². The molecule has 0 atom stereocenters. The zero-order valence-electron chi connectivity index (χ0n) is 16.7. The summed E-state index contributed by atoms with van der Waals surface area (Å²) in [5.41, 5.74) is 0.441. The van der Waals surface area contributed by atoms with Gasteiger partial charge in [0.15, 0.2) is 6.61 Å². The molecule has 1 N–H and O–H groups in total. The molecule has 0 bridgehead atoms. The van der Waals surface area contributed by atoms with E-state index in [1.165, 1.54) is 23.5 Å². The van der Waals surface area contributed by atoms with Gasteiger partial charge in [0.1, 0.15) is 10.6 Å². The summed E-state index contributed by atoms with van der Waals surface area (Å²) in [6, 6.07) is 10.5. The van der Waals surface area contributed by atoms with Crippen LogP contribution >= 0.6 is 11.6 Å². The Labute approximate surface area is 184 Å². The number of hydrogen-bond donors (Lipinski definition) is 1. The van der Waals surface area contributed by atoms with Crippen molar-refractivity contribution < 1.29 is 32.2 Å². The number of amides is 1. The molecule has 2 aromatic rings. The number of carbonyl (C=O) groups excluding carboxylic acids is 2. The topological polar surface area (TPSA) is 111 Å². The second-order valence-electron chi connectivity index (χ2n) is 6.52. The Bertz CT molecular complexity index is 1070. The summed E-state index contributed by atoms with van der Waals surface area (Å²) in [6.45, 7) is 0.391. The van der Waals surface area contributed by atoms with Gasteiger partial charge in [0.05, 0.1) is 30.9 Å². The number of methoxy groups -OCH3 is 1. The Balaban J connectivity index is 1.66. The number of nitrogens with one attached hydrogen (secondary N) is 1. The first kappa shape index (κ1) is 23.0. The number of nitrogens with zero attached hydrogens (tertiary/aromatic N) is 1. The molecular weight excluding hydrogens is 448 g/mol. The van der Waals surface area contributed by atoms with Crippen LogP contribution in [-0.4, -0.2) is 64.6 Å². The van der Waals surface area contributed by atoms with Gasteiger partial charge in [0.2, 0.25) is 10.0 Å². The van der Waals surface area contributed by atoms with Crippen LogP contribution in [0.5, 0.6) is 5.75 Å². The van der Waals surface area contributed by atoms with E-state index in [9.17, 15) is 18.0 Å². The van der Waals surface area contributed by atoms with Crippen LogP contribution in [0.2, 0.25) is 5.02 Å².